The van der Waals surface area contributed by atoms with Crippen LogP contribution in [0.1, 0.15) is 30.1 Å². The van der Waals surface area contributed by atoms with Crippen LogP contribution in [0.4, 0.5) is 15.6 Å². The summed E-state index contributed by atoms with van der Waals surface area (Å²) in [4.78, 5) is 24.7. The average molecular weight is 285 g/mol. The fraction of sp³-hybridized carbons (Fsp3) is 0.545. The molecule has 0 aliphatic carbocycles. The first-order valence-electron chi connectivity index (χ1n) is 6.00. The molecule has 0 aliphatic rings. The Bertz CT molecular complexity index is 460. The lowest BCUT2D eigenvalue weighted by molar-refractivity contribution is 0.100. The summed E-state index contributed by atoms with van der Waals surface area (Å²) in [5.74, 6) is -0.0872. The van der Waals surface area contributed by atoms with Crippen molar-refractivity contribution in [1.82, 2.24) is 9.69 Å². The predicted molar refractivity (Wildman–Crippen MR) is 76.9 cm³/mol. The van der Waals surface area contributed by atoms with E-state index in [1.807, 2.05) is 11.9 Å². The number of aromatic nitrogens is 1. The van der Waals surface area contributed by atoms with Crippen LogP contribution >= 0.6 is 11.5 Å². The Kier molecular flexibility index (Phi) is 5.56. The number of hydrogen-bond acceptors (Lipinski definition) is 5. The van der Waals surface area contributed by atoms with Crippen molar-refractivity contribution >= 4 is 34.3 Å². The predicted octanol–water partition coefficient (Wildman–Crippen LogP) is 1.23. The highest BCUT2D eigenvalue weighted by Crippen LogP contribution is 2.30. The number of primary amides is 1. The van der Waals surface area contributed by atoms with E-state index in [2.05, 4.69) is 21.9 Å². The van der Waals surface area contributed by atoms with Crippen LogP contribution in [0.3, 0.4) is 0 Å². The highest BCUT2D eigenvalue weighted by Gasteiger charge is 2.22. The van der Waals surface area contributed by atoms with Gasteiger partial charge in [0, 0.05) is 20.6 Å². The zero-order valence-electron chi connectivity index (χ0n) is 11.3. The van der Waals surface area contributed by atoms with E-state index in [9.17, 15) is 9.59 Å². The number of unbranched alkanes of at least 4 members (excludes halogenated alkanes) is 1. The minimum atomic E-state index is -0.599. The Labute approximate surface area is 116 Å². The minimum absolute atomic E-state index is 0.257. The summed E-state index contributed by atoms with van der Waals surface area (Å²) in [5, 5.41) is 5.33. The molecule has 1 aromatic rings. The lowest BCUT2D eigenvalue weighted by Gasteiger charge is -2.17. The lowest BCUT2D eigenvalue weighted by atomic mass is 10.2. The van der Waals surface area contributed by atoms with E-state index in [0.29, 0.717) is 10.8 Å². The molecule has 3 amide bonds. The molecule has 0 radical (unpaired) electrons. The molecule has 7 nitrogen and oxygen atoms in total. The molecule has 0 aromatic carbocycles. The Morgan fingerprint density at radius 2 is 2.16 bits per heavy atom. The Hall–Kier alpha value is -1.83. The number of rotatable bonds is 6. The third kappa shape index (κ3) is 3.82. The topological polar surface area (TPSA) is 100 Å². The number of carbonyl (C=O) groups is 2. The Balaban J connectivity index is 2.99. The third-order valence-electron chi connectivity index (χ3n) is 2.58. The largest absolute Gasteiger partial charge is 0.365 e. The number of carbonyl (C=O) groups excluding carboxylic acids is 2. The van der Waals surface area contributed by atoms with Gasteiger partial charge in [-0.05, 0) is 18.0 Å². The average Bonchev–Trinajstić information content (AvgIpc) is 2.79. The molecule has 8 heteroatoms. The van der Waals surface area contributed by atoms with Crippen molar-refractivity contribution in [2.45, 2.75) is 19.8 Å². The maximum atomic E-state index is 11.5. The number of nitrogens with one attached hydrogen (secondary N) is 2. The van der Waals surface area contributed by atoms with Crippen LogP contribution in [0.15, 0.2) is 0 Å². The first kappa shape index (κ1) is 15.2. The summed E-state index contributed by atoms with van der Waals surface area (Å²) in [6, 6.07) is -0.408. The summed E-state index contributed by atoms with van der Waals surface area (Å²) >= 11 is 1.05. The van der Waals surface area contributed by atoms with Crippen LogP contribution in [0.25, 0.3) is 0 Å². The van der Waals surface area contributed by atoms with Crippen molar-refractivity contribution in [3.8, 4) is 0 Å². The fourth-order valence-electron chi connectivity index (χ4n) is 1.52. The fourth-order valence-corrected chi connectivity index (χ4v) is 2.35. The van der Waals surface area contributed by atoms with Gasteiger partial charge in [0.25, 0.3) is 5.91 Å². The first-order valence-corrected chi connectivity index (χ1v) is 6.77. The smallest absolute Gasteiger partial charge is 0.319 e. The number of hydrogen-bond donors (Lipinski definition) is 3. The molecule has 19 heavy (non-hydrogen) atoms. The van der Waals surface area contributed by atoms with E-state index in [1.165, 1.54) is 7.05 Å². The maximum absolute atomic E-state index is 11.5. The number of urea groups is 1. The molecular weight excluding hydrogens is 266 g/mol. The highest BCUT2D eigenvalue weighted by atomic mass is 32.1. The summed E-state index contributed by atoms with van der Waals surface area (Å²) in [5.41, 5.74) is 5.63. The summed E-state index contributed by atoms with van der Waals surface area (Å²) in [7, 11) is 3.34. The molecule has 1 aromatic heterocycles. The molecule has 106 valence electrons. The van der Waals surface area contributed by atoms with Crippen molar-refractivity contribution in [3.63, 3.8) is 0 Å². The lowest BCUT2D eigenvalue weighted by Crippen LogP contribution is -2.27. The van der Waals surface area contributed by atoms with Crippen LogP contribution < -0.4 is 21.3 Å². The van der Waals surface area contributed by atoms with E-state index in [4.69, 9.17) is 5.73 Å². The number of anilines is 2. The van der Waals surface area contributed by atoms with E-state index in [0.717, 1.165) is 30.9 Å². The van der Waals surface area contributed by atoms with Gasteiger partial charge in [0.2, 0.25) is 0 Å². The normalized spacial score (nSPS) is 10.1. The van der Waals surface area contributed by atoms with Gasteiger partial charge in [0.1, 0.15) is 10.6 Å². The molecule has 0 unspecified atom stereocenters. The maximum Gasteiger partial charge on any atom is 0.319 e. The zero-order chi connectivity index (χ0) is 14.4. The molecule has 0 saturated carbocycles. The van der Waals surface area contributed by atoms with Gasteiger partial charge < -0.3 is 16.0 Å². The van der Waals surface area contributed by atoms with E-state index >= 15 is 0 Å². The second-order valence-electron chi connectivity index (χ2n) is 4.05. The SMILES string of the molecule is CCCCN(C)c1nsc(NC(=O)NC)c1C(N)=O. The van der Waals surface area contributed by atoms with Crippen molar-refractivity contribution in [1.29, 1.82) is 0 Å². The van der Waals surface area contributed by atoms with E-state index in [1.54, 1.807) is 0 Å². The van der Waals surface area contributed by atoms with Gasteiger partial charge >= 0.3 is 6.03 Å². The van der Waals surface area contributed by atoms with Crippen LogP contribution in [0.5, 0.6) is 0 Å². The second kappa shape index (κ2) is 6.93. The summed E-state index contributed by atoms with van der Waals surface area (Å²) in [6.45, 7) is 2.86. The van der Waals surface area contributed by atoms with Gasteiger partial charge in [-0.1, -0.05) is 13.3 Å². The first-order chi connectivity index (χ1) is 9.01. The van der Waals surface area contributed by atoms with E-state index in [-0.39, 0.29) is 5.56 Å². The van der Waals surface area contributed by atoms with Gasteiger partial charge in [-0.25, -0.2) is 4.79 Å². The van der Waals surface area contributed by atoms with Crippen LogP contribution in [-0.4, -0.2) is 37.0 Å². The van der Waals surface area contributed by atoms with Crippen LogP contribution in [-0.2, 0) is 0 Å². The van der Waals surface area contributed by atoms with Gasteiger partial charge in [-0.15, -0.1) is 0 Å². The Morgan fingerprint density at radius 3 is 2.68 bits per heavy atom. The molecule has 1 heterocycles. The molecular formula is C11H19N5O2S. The molecule has 0 fully saturated rings. The molecule has 0 bridgehead atoms. The minimum Gasteiger partial charge on any atom is -0.365 e. The molecule has 0 saturated heterocycles. The van der Waals surface area contributed by atoms with Crippen LogP contribution in [0.2, 0.25) is 0 Å². The van der Waals surface area contributed by atoms with E-state index < -0.39 is 11.9 Å². The van der Waals surface area contributed by atoms with Gasteiger partial charge in [0.05, 0.1) is 0 Å². The number of nitrogens with two attached hydrogens (primary N) is 1. The third-order valence-corrected chi connectivity index (χ3v) is 3.34. The quantitative estimate of drug-likeness (QED) is 0.731. The molecule has 0 aliphatic heterocycles. The summed E-state index contributed by atoms with van der Waals surface area (Å²) in [6.07, 6.45) is 2.04. The molecule has 0 atom stereocenters. The number of nitrogens with zero attached hydrogens (tertiary/aromatic N) is 2. The van der Waals surface area contributed by atoms with Crippen LogP contribution in [0, 0.1) is 0 Å². The van der Waals surface area contributed by atoms with Crippen molar-refractivity contribution < 1.29 is 9.59 Å². The Morgan fingerprint density at radius 1 is 1.47 bits per heavy atom. The van der Waals surface area contributed by atoms with Gasteiger partial charge in [0.15, 0.2) is 5.82 Å². The van der Waals surface area contributed by atoms with Crippen molar-refractivity contribution in [2.24, 2.45) is 5.73 Å². The summed E-state index contributed by atoms with van der Waals surface area (Å²) < 4.78 is 4.20. The zero-order valence-corrected chi connectivity index (χ0v) is 12.1. The van der Waals surface area contributed by atoms with Crippen molar-refractivity contribution in [3.05, 3.63) is 5.56 Å². The second-order valence-corrected chi connectivity index (χ2v) is 4.83. The van der Waals surface area contributed by atoms with Gasteiger partial charge in [-0.3, -0.25) is 10.1 Å². The standard InChI is InChI=1S/C11H19N5O2S/c1-4-5-6-16(3)9-7(8(12)17)10(19-15-9)14-11(18)13-2/h4-6H2,1-3H3,(H2,12,17)(H2,13,14,18). The van der Waals surface area contributed by atoms with Gasteiger partial charge in [-0.2, -0.15) is 4.37 Å². The molecule has 0 spiro atoms. The van der Waals surface area contributed by atoms with Crippen molar-refractivity contribution in [2.75, 3.05) is 30.9 Å². The monoisotopic (exact) mass is 285 g/mol. The molecule has 1 rings (SSSR count). The molecule has 4 N–H and O–H groups in total. The highest BCUT2D eigenvalue weighted by molar-refractivity contribution is 7.11. The number of amides is 3.